The van der Waals surface area contributed by atoms with Crippen molar-refractivity contribution in [3.05, 3.63) is 22.2 Å². The minimum absolute atomic E-state index is 0.146. The van der Waals surface area contributed by atoms with Crippen LogP contribution < -0.4 is 5.32 Å². The van der Waals surface area contributed by atoms with E-state index in [9.17, 15) is 10.2 Å². The second-order valence-corrected chi connectivity index (χ2v) is 3.50. The van der Waals surface area contributed by atoms with Crippen molar-refractivity contribution in [1.82, 2.24) is 5.32 Å². The molecule has 1 aromatic carbocycles. The van der Waals surface area contributed by atoms with E-state index in [0.717, 1.165) is 24.1 Å². The Hall–Kier alpha value is -0.930. The van der Waals surface area contributed by atoms with Gasteiger partial charge in [0.15, 0.2) is 11.5 Å². The maximum absolute atomic E-state index is 9.36. The lowest BCUT2D eigenvalue weighted by atomic mass is 10.0. The third-order valence-corrected chi connectivity index (χ3v) is 2.69. The Labute approximate surface area is 81.0 Å². The van der Waals surface area contributed by atoms with E-state index in [-0.39, 0.29) is 16.5 Å². The predicted molar refractivity (Wildman–Crippen MR) is 50.2 cm³/mol. The molecule has 0 aromatic heterocycles. The molecule has 1 aromatic rings. The molecule has 0 bridgehead atoms. The number of aromatic hydroxyl groups is 2. The van der Waals surface area contributed by atoms with Crippen molar-refractivity contribution in [3.8, 4) is 11.5 Å². The third kappa shape index (κ3) is 1.34. The fraction of sp³-hybridized carbons (Fsp3) is 0.333. The average Bonchev–Trinajstić information content (AvgIpc) is 2.15. The molecule has 3 N–H and O–H groups in total. The van der Waals surface area contributed by atoms with Gasteiger partial charge in [-0.2, -0.15) is 0 Å². The molecule has 0 amide bonds. The molecule has 0 aliphatic carbocycles. The molecule has 1 heterocycles. The molecule has 0 atom stereocenters. The summed E-state index contributed by atoms with van der Waals surface area (Å²) < 4.78 is 0. The summed E-state index contributed by atoms with van der Waals surface area (Å²) in [6.07, 6.45) is 0.794. The lowest BCUT2D eigenvalue weighted by Gasteiger charge is -2.19. The Bertz CT molecular complexity index is 352. The number of nitrogens with one attached hydrogen (secondary N) is 1. The smallest absolute Gasteiger partial charge is 0.176 e. The quantitative estimate of drug-likeness (QED) is 0.554. The summed E-state index contributed by atoms with van der Waals surface area (Å²) in [5, 5.41) is 22.1. The van der Waals surface area contributed by atoms with Crippen LogP contribution in [-0.2, 0) is 13.0 Å². The van der Waals surface area contributed by atoms with Gasteiger partial charge in [0.2, 0.25) is 0 Å². The van der Waals surface area contributed by atoms with Crippen molar-refractivity contribution in [2.24, 2.45) is 0 Å². The summed E-state index contributed by atoms with van der Waals surface area (Å²) in [7, 11) is 0. The normalized spacial score (nSPS) is 15.5. The SMILES string of the molecule is Oc1cc2c(c(Cl)c1O)CCNC2. The van der Waals surface area contributed by atoms with Crippen LogP contribution in [0, 0.1) is 0 Å². The summed E-state index contributed by atoms with van der Waals surface area (Å²) in [5.41, 5.74) is 1.90. The van der Waals surface area contributed by atoms with Gasteiger partial charge in [0, 0.05) is 6.54 Å². The van der Waals surface area contributed by atoms with Crippen molar-refractivity contribution in [2.45, 2.75) is 13.0 Å². The molecule has 13 heavy (non-hydrogen) atoms. The van der Waals surface area contributed by atoms with Crippen molar-refractivity contribution in [2.75, 3.05) is 6.54 Å². The summed E-state index contributed by atoms with van der Waals surface area (Å²) in [5.74, 6) is -0.352. The molecular weight excluding hydrogens is 190 g/mol. The molecule has 0 fully saturated rings. The number of fused-ring (bicyclic) bond motifs is 1. The van der Waals surface area contributed by atoms with E-state index in [2.05, 4.69) is 5.32 Å². The molecule has 2 rings (SSSR count). The van der Waals surface area contributed by atoms with E-state index in [1.165, 1.54) is 0 Å². The molecule has 70 valence electrons. The van der Waals surface area contributed by atoms with Gasteiger partial charge in [0.05, 0.1) is 5.02 Å². The molecular formula is C9H10ClNO2. The Morgan fingerprint density at radius 1 is 1.38 bits per heavy atom. The molecule has 3 nitrogen and oxygen atoms in total. The van der Waals surface area contributed by atoms with Gasteiger partial charge < -0.3 is 15.5 Å². The van der Waals surface area contributed by atoms with Crippen molar-refractivity contribution in [1.29, 1.82) is 0 Å². The number of hydrogen-bond acceptors (Lipinski definition) is 3. The van der Waals surface area contributed by atoms with Gasteiger partial charge in [0.1, 0.15) is 0 Å². The van der Waals surface area contributed by atoms with Gasteiger partial charge in [-0.15, -0.1) is 0 Å². The molecule has 1 aliphatic rings. The standard InChI is InChI=1S/C9H10ClNO2/c10-8-6-1-2-11-4-5(6)3-7(12)9(8)13/h3,11-13H,1-2,4H2. The van der Waals surface area contributed by atoms with E-state index in [4.69, 9.17) is 11.6 Å². The van der Waals surface area contributed by atoms with Crippen LogP contribution in [0.15, 0.2) is 6.07 Å². The first kappa shape index (κ1) is 8.66. The molecule has 0 saturated heterocycles. The first-order valence-corrected chi connectivity index (χ1v) is 4.51. The summed E-state index contributed by atoms with van der Waals surface area (Å²) in [4.78, 5) is 0. The number of phenols is 2. The minimum Gasteiger partial charge on any atom is -0.504 e. The zero-order valence-electron chi connectivity index (χ0n) is 6.97. The topological polar surface area (TPSA) is 52.5 Å². The lowest BCUT2D eigenvalue weighted by molar-refractivity contribution is 0.401. The monoisotopic (exact) mass is 199 g/mol. The van der Waals surface area contributed by atoms with Crippen molar-refractivity contribution < 1.29 is 10.2 Å². The van der Waals surface area contributed by atoms with Gasteiger partial charge in [-0.1, -0.05) is 11.6 Å². The van der Waals surface area contributed by atoms with E-state index < -0.39 is 0 Å². The maximum atomic E-state index is 9.36. The highest BCUT2D eigenvalue weighted by atomic mass is 35.5. The summed E-state index contributed by atoms with van der Waals surface area (Å²) in [6, 6.07) is 1.56. The van der Waals surface area contributed by atoms with Gasteiger partial charge >= 0.3 is 0 Å². The number of halogens is 1. The zero-order chi connectivity index (χ0) is 9.42. The average molecular weight is 200 g/mol. The number of benzene rings is 1. The maximum Gasteiger partial charge on any atom is 0.176 e. The van der Waals surface area contributed by atoms with Gasteiger partial charge in [-0.25, -0.2) is 0 Å². The highest BCUT2D eigenvalue weighted by molar-refractivity contribution is 6.33. The first-order valence-electron chi connectivity index (χ1n) is 4.13. The van der Waals surface area contributed by atoms with Crippen LogP contribution in [0.4, 0.5) is 0 Å². The third-order valence-electron chi connectivity index (χ3n) is 2.28. The Morgan fingerprint density at radius 2 is 2.15 bits per heavy atom. The fourth-order valence-corrected chi connectivity index (χ4v) is 1.89. The second-order valence-electron chi connectivity index (χ2n) is 3.12. The highest BCUT2D eigenvalue weighted by Gasteiger charge is 2.17. The second kappa shape index (κ2) is 3.09. The Kier molecular flexibility index (Phi) is 2.06. The lowest BCUT2D eigenvalue weighted by Crippen LogP contribution is -2.23. The molecule has 0 spiro atoms. The highest BCUT2D eigenvalue weighted by Crippen LogP contribution is 2.38. The number of rotatable bonds is 0. The zero-order valence-corrected chi connectivity index (χ0v) is 7.73. The van der Waals surface area contributed by atoms with Crippen LogP contribution in [0.25, 0.3) is 0 Å². The van der Waals surface area contributed by atoms with Gasteiger partial charge in [0.25, 0.3) is 0 Å². The minimum atomic E-state index is -0.206. The van der Waals surface area contributed by atoms with E-state index in [1.807, 2.05) is 0 Å². The molecule has 1 aliphatic heterocycles. The Morgan fingerprint density at radius 3 is 2.92 bits per heavy atom. The van der Waals surface area contributed by atoms with Gasteiger partial charge in [-0.05, 0) is 30.2 Å². The van der Waals surface area contributed by atoms with Crippen LogP contribution in [0.1, 0.15) is 11.1 Å². The molecule has 0 unspecified atom stereocenters. The van der Waals surface area contributed by atoms with E-state index in [1.54, 1.807) is 6.07 Å². The van der Waals surface area contributed by atoms with Crippen molar-refractivity contribution >= 4 is 11.6 Å². The van der Waals surface area contributed by atoms with Crippen LogP contribution in [0.3, 0.4) is 0 Å². The summed E-state index contributed by atoms with van der Waals surface area (Å²) in [6.45, 7) is 1.56. The number of hydrogen-bond donors (Lipinski definition) is 3. The summed E-state index contributed by atoms with van der Waals surface area (Å²) >= 11 is 5.88. The fourth-order valence-electron chi connectivity index (χ4n) is 1.58. The Balaban J connectivity index is 2.60. The molecule has 0 saturated carbocycles. The van der Waals surface area contributed by atoms with Crippen LogP contribution in [-0.4, -0.2) is 16.8 Å². The van der Waals surface area contributed by atoms with Crippen LogP contribution in [0.2, 0.25) is 5.02 Å². The van der Waals surface area contributed by atoms with Crippen LogP contribution >= 0.6 is 11.6 Å². The molecule has 4 heteroatoms. The van der Waals surface area contributed by atoms with Crippen molar-refractivity contribution in [3.63, 3.8) is 0 Å². The predicted octanol–water partition coefficient (Wildman–Crippen LogP) is 1.40. The van der Waals surface area contributed by atoms with E-state index in [0.29, 0.717) is 6.54 Å². The van der Waals surface area contributed by atoms with Gasteiger partial charge in [-0.3, -0.25) is 0 Å². The van der Waals surface area contributed by atoms with E-state index >= 15 is 0 Å². The molecule has 0 radical (unpaired) electrons. The largest absolute Gasteiger partial charge is 0.504 e. The number of phenolic OH excluding ortho intramolecular Hbond substituents is 2. The first-order chi connectivity index (χ1) is 6.20. The van der Waals surface area contributed by atoms with Crippen LogP contribution in [0.5, 0.6) is 11.5 Å².